The molecule has 0 spiro atoms. The quantitative estimate of drug-likeness (QED) is 0.620. The first kappa shape index (κ1) is 23.5. The molecule has 4 rings (SSSR count). The van der Waals surface area contributed by atoms with Gasteiger partial charge in [0.05, 0.1) is 11.9 Å². The van der Waals surface area contributed by atoms with E-state index in [1.165, 1.54) is 28.4 Å². The van der Waals surface area contributed by atoms with Crippen LogP contribution < -0.4 is 14.5 Å². The van der Waals surface area contributed by atoms with Crippen LogP contribution in [0.5, 0.6) is 0 Å². The van der Waals surface area contributed by atoms with Crippen LogP contribution in [0.4, 0.5) is 15.8 Å². The van der Waals surface area contributed by atoms with E-state index in [0.29, 0.717) is 29.9 Å². The Morgan fingerprint density at radius 2 is 2.00 bits per heavy atom. The fourth-order valence-electron chi connectivity index (χ4n) is 4.34. The summed E-state index contributed by atoms with van der Waals surface area (Å²) in [6.07, 6.45) is 1.82. The highest BCUT2D eigenvalue weighted by molar-refractivity contribution is 7.92. The van der Waals surface area contributed by atoms with Gasteiger partial charge in [0, 0.05) is 43.9 Å². The number of nitrogens with one attached hydrogen (secondary N) is 1. The van der Waals surface area contributed by atoms with E-state index in [9.17, 15) is 22.4 Å². The van der Waals surface area contributed by atoms with Crippen LogP contribution >= 0.6 is 11.6 Å². The molecule has 0 bridgehead atoms. The number of hydrogen-bond donors (Lipinski definition) is 1. The number of methoxy groups -OCH3 is 1. The molecule has 0 saturated carbocycles. The Bertz CT molecular complexity index is 1220. The van der Waals surface area contributed by atoms with Crippen LogP contribution in [-0.4, -0.2) is 52.3 Å². The predicted molar refractivity (Wildman–Crippen MR) is 122 cm³/mol. The Morgan fingerprint density at radius 1 is 1.24 bits per heavy atom. The lowest BCUT2D eigenvalue weighted by molar-refractivity contribution is -0.153. The summed E-state index contributed by atoms with van der Waals surface area (Å²) in [7, 11) is -2.08. The van der Waals surface area contributed by atoms with E-state index < -0.39 is 33.3 Å². The number of carbonyl (C=O) groups excluding carboxylic acids is 2. The first-order valence-corrected chi connectivity index (χ1v) is 12.5. The van der Waals surface area contributed by atoms with E-state index in [2.05, 4.69) is 5.32 Å². The van der Waals surface area contributed by atoms with Gasteiger partial charge in [-0.2, -0.15) is 0 Å². The van der Waals surface area contributed by atoms with E-state index in [1.807, 2.05) is 0 Å². The molecule has 2 aliphatic heterocycles. The number of halogens is 2. The number of ether oxygens (including phenoxy) is 1. The molecule has 2 aromatic carbocycles. The lowest BCUT2D eigenvalue weighted by atomic mass is 10.0. The summed E-state index contributed by atoms with van der Waals surface area (Å²) in [5.41, 5.74) is 0.716. The molecule has 1 saturated heterocycles. The molecule has 2 amide bonds. The van der Waals surface area contributed by atoms with Crippen molar-refractivity contribution >= 4 is 44.8 Å². The van der Waals surface area contributed by atoms with Gasteiger partial charge < -0.3 is 15.0 Å². The van der Waals surface area contributed by atoms with E-state index in [1.54, 1.807) is 18.2 Å². The number of carbonyl (C=O) groups is 2. The van der Waals surface area contributed by atoms with Crippen molar-refractivity contribution in [2.45, 2.75) is 25.0 Å². The maximum Gasteiger partial charge on any atom is 0.269 e. The minimum absolute atomic E-state index is 0.0190. The Labute approximate surface area is 196 Å². The Balaban J connectivity index is 1.52. The van der Waals surface area contributed by atoms with Crippen molar-refractivity contribution in [1.82, 2.24) is 5.32 Å². The molecule has 2 aromatic rings. The molecular formula is C22H23ClFN3O5S. The fourth-order valence-corrected chi connectivity index (χ4v) is 5.55. The largest absolute Gasteiger partial charge is 0.359 e. The number of benzene rings is 2. The number of amides is 2. The van der Waals surface area contributed by atoms with Gasteiger partial charge in [0.15, 0.2) is 0 Å². The lowest BCUT2D eigenvalue weighted by Crippen LogP contribution is -2.53. The summed E-state index contributed by atoms with van der Waals surface area (Å²) in [6.45, 7) is 0.579. The zero-order chi connectivity index (χ0) is 24.0. The van der Waals surface area contributed by atoms with Crippen LogP contribution in [-0.2, 0) is 37.3 Å². The first-order valence-electron chi connectivity index (χ1n) is 10.3. The van der Waals surface area contributed by atoms with Crippen LogP contribution in [0.2, 0.25) is 5.02 Å². The zero-order valence-corrected chi connectivity index (χ0v) is 19.7. The van der Waals surface area contributed by atoms with Crippen LogP contribution in [0.1, 0.15) is 17.5 Å². The molecule has 11 heteroatoms. The van der Waals surface area contributed by atoms with E-state index in [4.69, 9.17) is 16.3 Å². The van der Waals surface area contributed by atoms with Crippen molar-refractivity contribution in [3.63, 3.8) is 0 Å². The van der Waals surface area contributed by atoms with Crippen molar-refractivity contribution in [2.24, 2.45) is 0 Å². The van der Waals surface area contributed by atoms with Crippen molar-refractivity contribution in [2.75, 3.05) is 35.7 Å². The maximum absolute atomic E-state index is 13.6. The van der Waals surface area contributed by atoms with Crippen LogP contribution in [0.15, 0.2) is 36.4 Å². The minimum Gasteiger partial charge on any atom is -0.359 e. The number of anilines is 2. The van der Waals surface area contributed by atoms with Gasteiger partial charge in [0.2, 0.25) is 15.6 Å². The third kappa shape index (κ3) is 4.30. The van der Waals surface area contributed by atoms with Crippen molar-refractivity contribution in [3.8, 4) is 0 Å². The SMILES string of the molecule is CO[C@]1(C(=O)NCc2cc(F)cc(Cl)c2)CCN(c2ccc3c(c2)CCN3S(C)(=O)=O)C1=O. The van der Waals surface area contributed by atoms with Gasteiger partial charge in [0.1, 0.15) is 5.82 Å². The topological polar surface area (TPSA) is 96.0 Å². The Kier molecular flexibility index (Phi) is 6.10. The summed E-state index contributed by atoms with van der Waals surface area (Å²) in [6, 6.07) is 9.05. The average Bonchev–Trinajstić information content (AvgIpc) is 3.32. The second kappa shape index (κ2) is 8.58. The van der Waals surface area contributed by atoms with Crippen LogP contribution in [0, 0.1) is 5.82 Å². The molecule has 1 N–H and O–H groups in total. The average molecular weight is 496 g/mol. The monoisotopic (exact) mass is 495 g/mol. The maximum atomic E-state index is 13.6. The number of fused-ring (bicyclic) bond motifs is 1. The number of rotatable bonds is 6. The summed E-state index contributed by atoms with van der Waals surface area (Å²) in [5, 5.41) is 2.85. The number of nitrogens with zero attached hydrogens (tertiary/aromatic N) is 2. The third-order valence-corrected chi connectivity index (χ3v) is 7.39. The highest BCUT2D eigenvalue weighted by atomic mass is 35.5. The highest BCUT2D eigenvalue weighted by Gasteiger charge is 2.53. The van der Waals surface area contributed by atoms with E-state index >= 15 is 0 Å². The van der Waals surface area contributed by atoms with Crippen LogP contribution in [0.25, 0.3) is 0 Å². The molecule has 1 atom stereocenters. The Morgan fingerprint density at radius 3 is 2.67 bits per heavy atom. The number of sulfonamides is 1. The van der Waals surface area contributed by atoms with E-state index in [-0.39, 0.29) is 24.5 Å². The lowest BCUT2D eigenvalue weighted by Gasteiger charge is -2.26. The van der Waals surface area contributed by atoms with Gasteiger partial charge in [-0.1, -0.05) is 11.6 Å². The minimum atomic E-state index is -3.38. The molecular weight excluding hydrogens is 473 g/mol. The molecule has 2 aliphatic rings. The van der Waals surface area contributed by atoms with E-state index in [0.717, 1.165) is 17.9 Å². The van der Waals surface area contributed by atoms with Crippen molar-refractivity contribution in [1.29, 1.82) is 0 Å². The molecule has 2 heterocycles. The normalized spacial score (nSPS) is 20.3. The standard InChI is InChI=1S/C22H23ClFN3O5S/c1-32-22(20(28)25-13-14-9-16(23)12-17(24)10-14)6-8-26(21(22)29)18-3-4-19-15(11-18)5-7-27(19)33(2,30)31/h3-4,9-12H,5-8,13H2,1-2H3,(H,25,28)/t22-/m0/s1. The smallest absolute Gasteiger partial charge is 0.269 e. The van der Waals surface area contributed by atoms with Gasteiger partial charge >= 0.3 is 0 Å². The first-order chi connectivity index (χ1) is 15.5. The Hall–Kier alpha value is -2.69. The third-order valence-electron chi connectivity index (χ3n) is 6.00. The molecule has 0 aromatic heterocycles. The molecule has 0 radical (unpaired) electrons. The van der Waals surface area contributed by atoms with Gasteiger partial charge in [0.25, 0.3) is 11.8 Å². The molecule has 0 aliphatic carbocycles. The summed E-state index contributed by atoms with van der Waals surface area (Å²) >= 11 is 5.86. The van der Waals surface area contributed by atoms with Gasteiger partial charge in [-0.25, -0.2) is 12.8 Å². The second-order valence-corrected chi connectivity index (χ2v) is 10.4. The molecule has 1 fully saturated rings. The predicted octanol–water partition coefficient (Wildman–Crippen LogP) is 2.24. The van der Waals surface area contributed by atoms with Crippen molar-refractivity contribution in [3.05, 3.63) is 58.4 Å². The van der Waals surface area contributed by atoms with Gasteiger partial charge in [-0.3, -0.25) is 13.9 Å². The zero-order valence-electron chi connectivity index (χ0n) is 18.1. The molecule has 176 valence electrons. The van der Waals surface area contributed by atoms with Crippen molar-refractivity contribution < 1.29 is 27.1 Å². The highest BCUT2D eigenvalue weighted by Crippen LogP contribution is 2.36. The number of hydrogen-bond acceptors (Lipinski definition) is 5. The summed E-state index contributed by atoms with van der Waals surface area (Å²) in [5.74, 6) is -1.66. The van der Waals surface area contributed by atoms with Gasteiger partial charge in [-0.05, 0) is 53.9 Å². The fraction of sp³-hybridized carbons (Fsp3) is 0.364. The summed E-state index contributed by atoms with van der Waals surface area (Å²) < 4.78 is 44.2. The van der Waals surface area contributed by atoms with Gasteiger partial charge in [-0.15, -0.1) is 0 Å². The second-order valence-electron chi connectivity index (χ2n) is 8.10. The van der Waals surface area contributed by atoms with Crippen LogP contribution in [0.3, 0.4) is 0 Å². The molecule has 8 nitrogen and oxygen atoms in total. The molecule has 0 unspecified atom stereocenters. The molecule has 33 heavy (non-hydrogen) atoms. The summed E-state index contributed by atoms with van der Waals surface area (Å²) in [4.78, 5) is 27.7.